The van der Waals surface area contributed by atoms with Crippen LogP contribution in [0.25, 0.3) is 0 Å². The van der Waals surface area contributed by atoms with E-state index in [-0.39, 0.29) is 11.8 Å². The molecule has 0 amide bonds. The van der Waals surface area contributed by atoms with Crippen LogP contribution in [0.1, 0.15) is 24.3 Å². The van der Waals surface area contributed by atoms with Crippen molar-refractivity contribution in [3.8, 4) is 0 Å². The Morgan fingerprint density at radius 3 is 2.57 bits per heavy atom. The van der Waals surface area contributed by atoms with E-state index >= 15 is 0 Å². The second-order valence-electron chi connectivity index (χ2n) is 3.60. The summed E-state index contributed by atoms with van der Waals surface area (Å²) in [5.41, 5.74) is 0.862. The van der Waals surface area contributed by atoms with E-state index in [0.717, 1.165) is 10.4 Å². The summed E-state index contributed by atoms with van der Waals surface area (Å²) < 4.78 is 25.6. The molecule has 0 aromatic carbocycles. The molecule has 14 heavy (non-hydrogen) atoms. The van der Waals surface area contributed by atoms with E-state index in [1.165, 1.54) is 0 Å². The minimum absolute atomic E-state index is 0.0419. The van der Waals surface area contributed by atoms with Crippen LogP contribution in [0, 0.1) is 6.92 Å². The lowest BCUT2D eigenvalue weighted by Crippen LogP contribution is -2.31. The molecule has 5 heteroatoms. The molecule has 0 atom stereocenters. The molecule has 1 N–H and O–H groups in total. The lowest BCUT2D eigenvalue weighted by atomic mass is 10.3. The largest absolute Gasteiger partial charge is 0.216 e. The molecule has 1 rings (SSSR count). The monoisotopic (exact) mass is 233 g/mol. The maximum absolute atomic E-state index is 11.5. The third-order valence-electron chi connectivity index (χ3n) is 1.56. The second-order valence-corrected chi connectivity index (χ2v) is 6.47. The minimum Gasteiger partial charge on any atom is -0.212 e. The van der Waals surface area contributed by atoms with Crippen LogP contribution in [-0.2, 0) is 15.8 Å². The average Bonchev–Trinajstić information content (AvgIpc) is 2.30. The molecule has 1 aromatic rings. The van der Waals surface area contributed by atoms with Crippen LogP contribution in [0.4, 0.5) is 0 Å². The fraction of sp³-hybridized carbons (Fsp3) is 0.556. The summed E-state index contributed by atoms with van der Waals surface area (Å²) in [6.45, 7) is 5.60. The van der Waals surface area contributed by atoms with Gasteiger partial charge in [-0.3, -0.25) is 0 Å². The molecule has 0 saturated heterocycles. The van der Waals surface area contributed by atoms with E-state index < -0.39 is 10.0 Å². The Bertz CT molecular complexity index is 393. The quantitative estimate of drug-likeness (QED) is 0.863. The van der Waals surface area contributed by atoms with Gasteiger partial charge in [0.05, 0.1) is 5.75 Å². The van der Waals surface area contributed by atoms with Gasteiger partial charge in [-0.1, -0.05) is 0 Å². The normalized spacial score (nSPS) is 12.3. The van der Waals surface area contributed by atoms with E-state index in [0.29, 0.717) is 0 Å². The molecule has 0 radical (unpaired) electrons. The highest BCUT2D eigenvalue weighted by atomic mass is 32.2. The third-order valence-corrected chi connectivity index (χ3v) is 4.01. The smallest absolute Gasteiger partial charge is 0.212 e. The van der Waals surface area contributed by atoms with Crippen LogP contribution in [-0.4, -0.2) is 14.5 Å². The molecule has 1 aromatic heterocycles. The van der Waals surface area contributed by atoms with Crippen molar-refractivity contribution >= 4 is 21.4 Å². The van der Waals surface area contributed by atoms with Crippen LogP contribution in [0.5, 0.6) is 0 Å². The lowest BCUT2D eigenvalue weighted by Gasteiger charge is -2.07. The first kappa shape index (κ1) is 11.7. The van der Waals surface area contributed by atoms with Gasteiger partial charge in [0.25, 0.3) is 0 Å². The number of rotatable bonds is 4. The minimum atomic E-state index is -3.16. The first-order valence-corrected chi connectivity index (χ1v) is 6.96. The van der Waals surface area contributed by atoms with Gasteiger partial charge in [0.2, 0.25) is 10.0 Å². The Morgan fingerprint density at radius 2 is 2.14 bits per heavy atom. The highest BCUT2D eigenvalue weighted by Gasteiger charge is 2.13. The summed E-state index contributed by atoms with van der Waals surface area (Å²) in [6.07, 6.45) is 0. The third kappa shape index (κ3) is 3.77. The Hall–Kier alpha value is -0.390. The number of sulfonamides is 1. The second kappa shape index (κ2) is 4.42. The van der Waals surface area contributed by atoms with E-state index in [9.17, 15) is 8.42 Å². The Morgan fingerprint density at radius 1 is 1.50 bits per heavy atom. The molecule has 3 nitrogen and oxygen atoms in total. The summed E-state index contributed by atoms with van der Waals surface area (Å²) in [5, 5.41) is 1.88. The molecule has 0 bridgehead atoms. The summed E-state index contributed by atoms with van der Waals surface area (Å²) in [4.78, 5) is 1.14. The van der Waals surface area contributed by atoms with Crippen LogP contribution in [0.2, 0.25) is 0 Å². The fourth-order valence-corrected chi connectivity index (χ4v) is 3.41. The van der Waals surface area contributed by atoms with Crippen LogP contribution in [0.3, 0.4) is 0 Å². The molecule has 0 spiro atoms. The van der Waals surface area contributed by atoms with Gasteiger partial charge in [-0.05, 0) is 37.8 Å². The van der Waals surface area contributed by atoms with E-state index in [2.05, 4.69) is 4.72 Å². The lowest BCUT2D eigenvalue weighted by molar-refractivity contribution is 0.569. The topological polar surface area (TPSA) is 46.2 Å². The van der Waals surface area contributed by atoms with Gasteiger partial charge in [0.15, 0.2) is 0 Å². The maximum atomic E-state index is 11.5. The molecule has 80 valence electrons. The summed E-state index contributed by atoms with van der Waals surface area (Å²) in [7, 11) is -3.16. The van der Waals surface area contributed by atoms with E-state index in [4.69, 9.17) is 0 Å². The van der Waals surface area contributed by atoms with Crippen molar-refractivity contribution in [3.05, 3.63) is 21.9 Å². The van der Waals surface area contributed by atoms with Crippen molar-refractivity contribution in [3.63, 3.8) is 0 Å². The number of thiophene rings is 1. The first-order valence-electron chi connectivity index (χ1n) is 4.43. The zero-order valence-corrected chi connectivity index (χ0v) is 10.2. The average molecular weight is 233 g/mol. The summed E-state index contributed by atoms with van der Waals surface area (Å²) in [5.74, 6) is 0.0789. The molecule has 1 heterocycles. The summed E-state index contributed by atoms with van der Waals surface area (Å²) in [6, 6.07) is 1.87. The SMILES string of the molecule is Cc1cc(CS(=O)(=O)NC(C)C)cs1. The van der Waals surface area contributed by atoms with Crippen molar-refractivity contribution < 1.29 is 8.42 Å². The number of hydrogen-bond donors (Lipinski definition) is 1. The van der Waals surface area contributed by atoms with Gasteiger partial charge in [-0.25, -0.2) is 13.1 Å². The molecular weight excluding hydrogens is 218 g/mol. The van der Waals surface area contributed by atoms with Gasteiger partial charge < -0.3 is 0 Å². The molecule has 0 unspecified atom stereocenters. The van der Waals surface area contributed by atoms with Gasteiger partial charge in [-0.15, -0.1) is 11.3 Å². The predicted octanol–water partition coefficient (Wildman–Crippen LogP) is 1.88. The van der Waals surface area contributed by atoms with Gasteiger partial charge in [0, 0.05) is 10.9 Å². The maximum Gasteiger partial charge on any atom is 0.216 e. The Kier molecular flexibility index (Phi) is 3.69. The van der Waals surface area contributed by atoms with Crippen molar-refractivity contribution in [2.45, 2.75) is 32.6 Å². The predicted molar refractivity (Wildman–Crippen MR) is 60.0 cm³/mol. The van der Waals surface area contributed by atoms with Crippen molar-refractivity contribution in [1.29, 1.82) is 0 Å². The molecule has 0 saturated carbocycles. The van der Waals surface area contributed by atoms with Gasteiger partial charge in [0.1, 0.15) is 0 Å². The van der Waals surface area contributed by atoms with Crippen molar-refractivity contribution in [2.75, 3.05) is 0 Å². The zero-order chi connectivity index (χ0) is 10.8. The van der Waals surface area contributed by atoms with Gasteiger partial charge >= 0.3 is 0 Å². The Labute approximate surface area is 89.2 Å². The number of aryl methyl sites for hydroxylation is 1. The standard InChI is InChI=1S/C9H15NO2S2/c1-7(2)10-14(11,12)6-9-4-8(3)13-5-9/h4-5,7,10H,6H2,1-3H3. The van der Waals surface area contributed by atoms with Crippen molar-refractivity contribution in [1.82, 2.24) is 4.72 Å². The highest BCUT2D eigenvalue weighted by Crippen LogP contribution is 2.15. The molecule has 0 fully saturated rings. The molecule has 0 aliphatic carbocycles. The van der Waals surface area contributed by atoms with Crippen LogP contribution >= 0.6 is 11.3 Å². The van der Waals surface area contributed by atoms with Crippen molar-refractivity contribution in [2.24, 2.45) is 0 Å². The van der Waals surface area contributed by atoms with Crippen LogP contribution in [0.15, 0.2) is 11.4 Å². The van der Waals surface area contributed by atoms with Gasteiger partial charge in [-0.2, -0.15) is 0 Å². The summed E-state index contributed by atoms with van der Waals surface area (Å²) >= 11 is 1.57. The van der Waals surface area contributed by atoms with E-state index in [1.807, 2.05) is 32.2 Å². The zero-order valence-electron chi connectivity index (χ0n) is 8.57. The fourth-order valence-electron chi connectivity index (χ4n) is 1.19. The first-order chi connectivity index (χ1) is 6.39. The Balaban J connectivity index is 2.69. The molecular formula is C9H15NO2S2. The highest BCUT2D eigenvalue weighted by molar-refractivity contribution is 7.88. The number of nitrogens with one attached hydrogen (secondary N) is 1. The number of hydrogen-bond acceptors (Lipinski definition) is 3. The molecule has 0 aliphatic heterocycles. The molecule has 0 aliphatic rings. The van der Waals surface area contributed by atoms with Crippen LogP contribution < -0.4 is 4.72 Å². The van der Waals surface area contributed by atoms with E-state index in [1.54, 1.807) is 11.3 Å².